The number of aromatic nitrogens is 2. The monoisotopic (exact) mass is 404 g/mol. The third-order valence-corrected chi connectivity index (χ3v) is 6.87. The van der Waals surface area contributed by atoms with Crippen LogP contribution in [0.3, 0.4) is 0 Å². The van der Waals surface area contributed by atoms with Crippen molar-refractivity contribution in [2.45, 2.75) is 31.5 Å². The smallest absolute Gasteiger partial charge is 0.160 e. The summed E-state index contributed by atoms with van der Waals surface area (Å²) in [5, 5.41) is 1.15. The molecular weight excluding hydrogens is 380 g/mol. The van der Waals surface area contributed by atoms with E-state index >= 15 is 0 Å². The zero-order valence-electron chi connectivity index (χ0n) is 16.6. The number of rotatable bonds is 5. The van der Waals surface area contributed by atoms with Crippen LogP contribution in [0, 0.1) is 0 Å². The van der Waals surface area contributed by atoms with E-state index < -0.39 is 0 Å². The summed E-state index contributed by atoms with van der Waals surface area (Å²) in [6.07, 6.45) is 5.10. The third kappa shape index (κ3) is 3.12. The Morgan fingerprint density at radius 1 is 1.14 bits per heavy atom. The van der Waals surface area contributed by atoms with Gasteiger partial charge in [0.15, 0.2) is 5.17 Å². The van der Waals surface area contributed by atoms with Crippen LogP contribution < -0.4 is 4.74 Å². The first-order valence-electron chi connectivity index (χ1n) is 10.0. The van der Waals surface area contributed by atoms with E-state index in [1.165, 1.54) is 5.69 Å². The molecule has 0 aliphatic carbocycles. The lowest BCUT2D eigenvalue weighted by Gasteiger charge is -2.32. The van der Waals surface area contributed by atoms with Crippen LogP contribution in [0.2, 0.25) is 0 Å². The second kappa shape index (κ2) is 7.59. The average molecular weight is 405 g/mol. The van der Waals surface area contributed by atoms with Crippen molar-refractivity contribution in [1.29, 1.82) is 0 Å². The first-order valence-corrected chi connectivity index (χ1v) is 11.0. The summed E-state index contributed by atoms with van der Waals surface area (Å²) in [6, 6.07) is 19.3. The van der Waals surface area contributed by atoms with Crippen molar-refractivity contribution < 1.29 is 4.74 Å². The summed E-state index contributed by atoms with van der Waals surface area (Å²) in [7, 11) is 1.71. The Balaban J connectivity index is 1.62. The number of pyridine rings is 1. The van der Waals surface area contributed by atoms with E-state index in [0.29, 0.717) is 6.04 Å². The first-order chi connectivity index (χ1) is 14.3. The van der Waals surface area contributed by atoms with Gasteiger partial charge in [-0.05, 0) is 42.8 Å². The van der Waals surface area contributed by atoms with Crippen molar-refractivity contribution >= 4 is 16.9 Å². The fourth-order valence-electron chi connectivity index (χ4n) is 4.30. The number of hydrogen-bond donors (Lipinski definition) is 0. The van der Waals surface area contributed by atoms with Gasteiger partial charge in [-0.2, -0.15) is 0 Å². The largest absolute Gasteiger partial charge is 0.497 e. The number of methoxy groups -OCH3 is 1. The van der Waals surface area contributed by atoms with Crippen LogP contribution in [0.5, 0.6) is 5.75 Å². The predicted molar refractivity (Wildman–Crippen MR) is 118 cm³/mol. The fourth-order valence-corrected chi connectivity index (χ4v) is 5.64. The van der Waals surface area contributed by atoms with Gasteiger partial charge in [0.1, 0.15) is 17.8 Å². The van der Waals surface area contributed by atoms with Crippen molar-refractivity contribution in [3.8, 4) is 11.4 Å². The molecule has 2 aliphatic heterocycles. The molecule has 29 heavy (non-hydrogen) atoms. The van der Waals surface area contributed by atoms with Gasteiger partial charge < -0.3 is 14.2 Å². The number of aliphatic imine (C=N–C) groups is 1. The van der Waals surface area contributed by atoms with E-state index in [9.17, 15) is 0 Å². The SMILES string of the molecule is CCC1CSC2=NC(c3ccccn3)C(c3cccn3-c3cccc(OC)c3)N21. The van der Waals surface area contributed by atoms with Gasteiger partial charge in [-0.15, -0.1) is 0 Å². The predicted octanol–water partition coefficient (Wildman–Crippen LogP) is 4.86. The van der Waals surface area contributed by atoms with Crippen molar-refractivity contribution in [3.05, 3.63) is 78.4 Å². The molecular formula is C23H24N4OS. The molecule has 6 heteroatoms. The molecule has 3 unspecified atom stereocenters. The molecule has 148 valence electrons. The van der Waals surface area contributed by atoms with Gasteiger partial charge in [0.25, 0.3) is 0 Å². The lowest BCUT2D eigenvalue weighted by molar-refractivity contribution is 0.249. The molecule has 1 saturated heterocycles. The maximum Gasteiger partial charge on any atom is 0.160 e. The Kier molecular flexibility index (Phi) is 4.79. The number of thioether (sulfide) groups is 1. The highest BCUT2D eigenvalue weighted by Gasteiger charge is 2.46. The van der Waals surface area contributed by atoms with Crippen LogP contribution >= 0.6 is 11.8 Å². The summed E-state index contributed by atoms with van der Waals surface area (Å²) in [5.41, 5.74) is 3.35. The lowest BCUT2D eigenvalue weighted by Crippen LogP contribution is -2.36. The Morgan fingerprint density at radius 3 is 2.86 bits per heavy atom. The van der Waals surface area contributed by atoms with Gasteiger partial charge in [-0.25, -0.2) is 0 Å². The minimum Gasteiger partial charge on any atom is -0.497 e. The van der Waals surface area contributed by atoms with E-state index in [1.54, 1.807) is 7.11 Å². The maximum absolute atomic E-state index is 5.45. The quantitative estimate of drug-likeness (QED) is 0.609. The van der Waals surface area contributed by atoms with E-state index in [4.69, 9.17) is 9.73 Å². The molecule has 3 atom stereocenters. The second-order valence-corrected chi connectivity index (χ2v) is 8.33. The van der Waals surface area contributed by atoms with Crippen LogP contribution in [0.15, 0.2) is 72.0 Å². The Hall–Kier alpha value is -2.73. The van der Waals surface area contributed by atoms with Gasteiger partial charge in [0.05, 0.1) is 12.8 Å². The Bertz CT molecular complexity index is 1030. The van der Waals surface area contributed by atoms with E-state index in [2.05, 4.69) is 64.0 Å². The van der Waals surface area contributed by atoms with Gasteiger partial charge >= 0.3 is 0 Å². The number of ether oxygens (including phenoxy) is 1. The molecule has 0 spiro atoms. The van der Waals surface area contributed by atoms with Gasteiger partial charge in [0.2, 0.25) is 0 Å². The molecule has 0 N–H and O–H groups in total. The summed E-state index contributed by atoms with van der Waals surface area (Å²) in [6.45, 7) is 2.26. The minimum absolute atomic E-state index is 0.00712. The van der Waals surface area contributed by atoms with Crippen LogP contribution in [0.25, 0.3) is 5.69 Å². The molecule has 0 amide bonds. The number of benzene rings is 1. The molecule has 4 heterocycles. The molecule has 0 saturated carbocycles. The second-order valence-electron chi connectivity index (χ2n) is 7.34. The zero-order valence-corrected chi connectivity index (χ0v) is 17.4. The highest BCUT2D eigenvalue weighted by atomic mass is 32.2. The number of amidine groups is 1. The van der Waals surface area contributed by atoms with E-state index in [0.717, 1.165) is 34.5 Å². The summed E-state index contributed by atoms with van der Waals surface area (Å²) in [5.74, 6) is 1.95. The topological polar surface area (TPSA) is 42.6 Å². The third-order valence-electron chi connectivity index (χ3n) is 5.74. The molecule has 0 radical (unpaired) electrons. The zero-order chi connectivity index (χ0) is 19.8. The fraction of sp³-hybridized carbons (Fsp3) is 0.304. The van der Waals surface area contributed by atoms with Crippen molar-refractivity contribution in [2.75, 3.05) is 12.9 Å². The maximum atomic E-state index is 5.45. The Labute approximate surface area is 175 Å². The van der Waals surface area contributed by atoms with Gasteiger partial charge in [-0.1, -0.05) is 30.8 Å². The molecule has 5 rings (SSSR count). The highest BCUT2D eigenvalue weighted by Crippen LogP contribution is 2.48. The normalized spacial score (nSPS) is 23.2. The molecule has 2 aromatic heterocycles. The lowest BCUT2D eigenvalue weighted by atomic mass is 9.99. The Morgan fingerprint density at radius 2 is 2.07 bits per heavy atom. The number of hydrogen-bond acceptors (Lipinski definition) is 5. The summed E-state index contributed by atoms with van der Waals surface area (Å²) < 4.78 is 7.71. The van der Waals surface area contributed by atoms with Crippen LogP contribution in [-0.2, 0) is 0 Å². The molecule has 1 fully saturated rings. The minimum atomic E-state index is -0.00712. The van der Waals surface area contributed by atoms with Crippen molar-refractivity contribution in [2.24, 2.45) is 4.99 Å². The van der Waals surface area contributed by atoms with Crippen LogP contribution in [0.4, 0.5) is 0 Å². The van der Waals surface area contributed by atoms with E-state index in [1.807, 2.05) is 36.2 Å². The van der Waals surface area contributed by atoms with Crippen molar-refractivity contribution in [1.82, 2.24) is 14.5 Å². The van der Waals surface area contributed by atoms with Gasteiger partial charge in [0, 0.05) is 41.6 Å². The molecule has 2 aliphatic rings. The van der Waals surface area contributed by atoms with Crippen LogP contribution in [-0.4, -0.2) is 38.5 Å². The molecule has 0 bridgehead atoms. The highest BCUT2D eigenvalue weighted by molar-refractivity contribution is 8.14. The molecule has 5 nitrogen and oxygen atoms in total. The summed E-state index contributed by atoms with van der Waals surface area (Å²) in [4.78, 5) is 12.3. The molecule has 3 aromatic rings. The van der Waals surface area contributed by atoms with Crippen LogP contribution in [0.1, 0.15) is 36.8 Å². The number of nitrogens with zero attached hydrogens (tertiary/aromatic N) is 4. The van der Waals surface area contributed by atoms with E-state index in [-0.39, 0.29) is 12.1 Å². The van der Waals surface area contributed by atoms with Crippen molar-refractivity contribution in [3.63, 3.8) is 0 Å². The number of fused-ring (bicyclic) bond motifs is 1. The van der Waals surface area contributed by atoms with Gasteiger partial charge in [-0.3, -0.25) is 9.98 Å². The average Bonchev–Trinajstić information content (AvgIpc) is 3.49. The standard InChI is InChI=1S/C23H24N4OS/c1-3-16-15-29-23-25-21(19-10-4-5-12-24-19)22(27(16)23)20-11-7-13-26(20)17-8-6-9-18(14-17)28-2/h4-14,16,21-22H,3,15H2,1-2H3. The summed E-state index contributed by atoms with van der Waals surface area (Å²) >= 11 is 1.87. The molecule has 1 aromatic carbocycles. The first kappa shape index (κ1) is 18.3.